The summed E-state index contributed by atoms with van der Waals surface area (Å²) >= 11 is 0. The highest BCUT2D eigenvalue weighted by atomic mass is 16.6. The van der Waals surface area contributed by atoms with E-state index in [4.69, 9.17) is 10.5 Å². The second-order valence-electron chi connectivity index (χ2n) is 6.56. The molecule has 0 aromatic rings. The van der Waals surface area contributed by atoms with Gasteiger partial charge in [-0.25, -0.2) is 4.79 Å². The molecule has 116 valence electrons. The summed E-state index contributed by atoms with van der Waals surface area (Å²) in [5, 5.41) is 0. The summed E-state index contributed by atoms with van der Waals surface area (Å²) < 4.78 is 5.45. The topological polar surface area (TPSA) is 75.9 Å². The zero-order chi connectivity index (χ0) is 15.5. The number of amides is 2. The molecule has 0 spiro atoms. The van der Waals surface area contributed by atoms with Gasteiger partial charge in [0.25, 0.3) is 0 Å². The van der Waals surface area contributed by atoms with Crippen molar-refractivity contribution in [1.29, 1.82) is 0 Å². The Bertz CT molecular complexity index is 353. The Morgan fingerprint density at radius 1 is 1.20 bits per heavy atom. The van der Waals surface area contributed by atoms with Gasteiger partial charge in [0.2, 0.25) is 5.91 Å². The van der Waals surface area contributed by atoms with Gasteiger partial charge < -0.3 is 15.4 Å². The van der Waals surface area contributed by atoms with E-state index in [2.05, 4.69) is 4.90 Å². The minimum Gasteiger partial charge on any atom is -0.444 e. The molecular formula is C14H27N3O3. The van der Waals surface area contributed by atoms with Crippen LogP contribution in [0.25, 0.3) is 0 Å². The molecule has 0 radical (unpaired) electrons. The maximum Gasteiger partial charge on any atom is 0.410 e. The molecular weight excluding hydrogens is 258 g/mol. The minimum absolute atomic E-state index is 0.0569. The lowest BCUT2D eigenvalue weighted by atomic mass is 10.1. The van der Waals surface area contributed by atoms with E-state index in [0.717, 1.165) is 13.1 Å². The van der Waals surface area contributed by atoms with Crippen LogP contribution in [-0.4, -0.2) is 59.1 Å². The molecule has 6 heteroatoms. The van der Waals surface area contributed by atoms with Crippen molar-refractivity contribution in [3.63, 3.8) is 0 Å². The third-order valence-corrected chi connectivity index (χ3v) is 3.27. The molecule has 1 saturated heterocycles. The molecule has 0 aromatic carbocycles. The number of hydrogen-bond donors (Lipinski definition) is 1. The summed E-state index contributed by atoms with van der Waals surface area (Å²) in [6.07, 6.45) is 0.0818. The third-order valence-electron chi connectivity index (χ3n) is 3.27. The first kappa shape index (κ1) is 16.8. The quantitative estimate of drug-likeness (QED) is 0.845. The molecule has 2 atom stereocenters. The Hall–Kier alpha value is -1.30. The van der Waals surface area contributed by atoms with Gasteiger partial charge in [0, 0.05) is 38.1 Å². The molecule has 1 rings (SSSR count). The summed E-state index contributed by atoms with van der Waals surface area (Å²) in [4.78, 5) is 27.0. The normalized spacial score (nSPS) is 24.6. The van der Waals surface area contributed by atoms with Gasteiger partial charge >= 0.3 is 6.09 Å². The van der Waals surface area contributed by atoms with E-state index in [-0.39, 0.29) is 24.1 Å². The fraction of sp³-hybridized carbons (Fsp3) is 0.857. The fourth-order valence-corrected chi connectivity index (χ4v) is 2.56. The van der Waals surface area contributed by atoms with Crippen LogP contribution in [0.4, 0.5) is 4.79 Å². The number of piperazine rings is 1. The van der Waals surface area contributed by atoms with E-state index >= 15 is 0 Å². The Kier molecular flexibility index (Phi) is 5.39. The van der Waals surface area contributed by atoms with Crippen LogP contribution < -0.4 is 5.73 Å². The van der Waals surface area contributed by atoms with E-state index in [1.807, 2.05) is 34.6 Å². The van der Waals surface area contributed by atoms with Crippen molar-refractivity contribution in [2.75, 3.05) is 19.6 Å². The Balaban J connectivity index is 2.60. The van der Waals surface area contributed by atoms with Crippen molar-refractivity contribution in [3.8, 4) is 0 Å². The van der Waals surface area contributed by atoms with Crippen LogP contribution in [-0.2, 0) is 9.53 Å². The van der Waals surface area contributed by atoms with Crippen molar-refractivity contribution < 1.29 is 14.3 Å². The SMILES string of the molecule is C[C@@H]1CN(CCC(N)=O)C[C@H](C)N1C(=O)OC(C)(C)C. The average Bonchev–Trinajstić information content (AvgIpc) is 2.22. The molecule has 0 aliphatic carbocycles. The lowest BCUT2D eigenvalue weighted by Crippen LogP contribution is -2.59. The van der Waals surface area contributed by atoms with Crippen LogP contribution in [0, 0.1) is 0 Å². The first-order chi connectivity index (χ1) is 9.10. The summed E-state index contributed by atoms with van der Waals surface area (Å²) in [5.74, 6) is -0.292. The number of nitrogens with zero attached hydrogens (tertiary/aromatic N) is 2. The molecule has 2 N–H and O–H groups in total. The van der Waals surface area contributed by atoms with E-state index in [1.165, 1.54) is 0 Å². The Labute approximate surface area is 121 Å². The van der Waals surface area contributed by atoms with E-state index in [1.54, 1.807) is 4.90 Å². The first-order valence-corrected chi connectivity index (χ1v) is 7.12. The van der Waals surface area contributed by atoms with Crippen LogP contribution in [0.15, 0.2) is 0 Å². The summed E-state index contributed by atoms with van der Waals surface area (Å²) in [7, 11) is 0. The molecule has 0 bridgehead atoms. The van der Waals surface area contributed by atoms with Gasteiger partial charge in [0.15, 0.2) is 0 Å². The molecule has 1 heterocycles. The lowest BCUT2D eigenvalue weighted by Gasteiger charge is -2.44. The number of ether oxygens (including phenoxy) is 1. The van der Waals surface area contributed by atoms with Crippen molar-refractivity contribution >= 4 is 12.0 Å². The highest BCUT2D eigenvalue weighted by Gasteiger charge is 2.35. The van der Waals surface area contributed by atoms with Crippen LogP contribution >= 0.6 is 0 Å². The maximum absolute atomic E-state index is 12.2. The second-order valence-corrected chi connectivity index (χ2v) is 6.56. The Morgan fingerprint density at radius 3 is 2.10 bits per heavy atom. The second kappa shape index (κ2) is 6.43. The van der Waals surface area contributed by atoms with Crippen molar-refractivity contribution in [1.82, 2.24) is 9.80 Å². The fourth-order valence-electron chi connectivity index (χ4n) is 2.56. The highest BCUT2D eigenvalue weighted by molar-refractivity contribution is 5.73. The lowest BCUT2D eigenvalue weighted by molar-refractivity contribution is -0.118. The van der Waals surface area contributed by atoms with Crippen LogP contribution in [0.5, 0.6) is 0 Å². The first-order valence-electron chi connectivity index (χ1n) is 7.12. The molecule has 20 heavy (non-hydrogen) atoms. The number of nitrogens with two attached hydrogens (primary N) is 1. The van der Waals surface area contributed by atoms with Crippen LogP contribution in [0.3, 0.4) is 0 Å². The monoisotopic (exact) mass is 285 g/mol. The summed E-state index contributed by atoms with van der Waals surface area (Å²) in [5.41, 5.74) is 4.69. The number of primary amides is 1. The van der Waals surface area contributed by atoms with Crippen LogP contribution in [0.2, 0.25) is 0 Å². The third kappa shape index (κ3) is 5.00. The van der Waals surface area contributed by atoms with Gasteiger partial charge in [-0.3, -0.25) is 9.69 Å². The van der Waals surface area contributed by atoms with Crippen LogP contribution in [0.1, 0.15) is 41.0 Å². The predicted molar refractivity (Wildman–Crippen MR) is 77.2 cm³/mol. The predicted octanol–water partition coefficient (Wildman–Crippen LogP) is 1.19. The van der Waals surface area contributed by atoms with Gasteiger partial charge in [-0.05, 0) is 34.6 Å². The van der Waals surface area contributed by atoms with E-state index in [9.17, 15) is 9.59 Å². The van der Waals surface area contributed by atoms with Gasteiger partial charge in [-0.2, -0.15) is 0 Å². The Morgan fingerprint density at radius 2 is 1.70 bits per heavy atom. The van der Waals surface area contributed by atoms with Crippen molar-refractivity contribution in [3.05, 3.63) is 0 Å². The molecule has 0 unspecified atom stereocenters. The smallest absolute Gasteiger partial charge is 0.410 e. The standard InChI is InChI=1S/C14H27N3O3/c1-10-8-16(7-6-12(15)18)9-11(2)17(10)13(19)20-14(3,4)5/h10-11H,6-9H2,1-5H3,(H2,15,18)/t10-,11+. The minimum atomic E-state index is -0.486. The zero-order valence-electron chi connectivity index (χ0n) is 13.2. The molecule has 2 amide bonds. The molecule has 0 aromatic heterocycles. The summed E-state index contributed by atoms with van der Waals surface area (Å²) in [6, 6.07) is 0.114. The van der Waals surface area contributed by atoms with E-state index in [0.29, 0.717) is 13.0 Å². The van der Waals surface area contributed by atoms with Gasteiger partial charge in [-0.15, -0.1) is 0 Å². The summed E-state index contributed by atoms with van der Waals surface area (Å²) in [6.45, 7) is 11.7. The number of carbonyl (C=O) groups is 2. The van der Waals surface area contributed by atoms with Gasteiger partial charge in [-0.1, -0.05) is 0 Å². The molecule has 1 fully saturated rings. The zero-order valence-corrected chi connectivity index (χ0v) is 13.2. The number of carbonyl (C=O) groups excluding carboxylic acids is 2. The van der Waals surface area contributed by atoms with Gasteiger partial charge in [0.1, 0.15) is 5.60 Å². The highest BCUT2D eigenvalue weighted by Crippen LogP contribution is 2.19. The van der Waals surface area contributed by atoms with Gasteiger partial charge in [0.05, 0.1) is 0 Å². The van der Waals surface area contributed by atoms with Crippen molar-refractivity contribution in [2.24, 2.45) is 5.73 Å². The molecule has 1 aliphatic heterocycles. The van der Waals surface area contributed by atoms with Crippen molar-refractivity contribution in [2.45, 2.75) is 58.7 Å². The van der Waals surface area contributed by atoms with E-state index < -0.39 is 5.60 Å². The maximum atomic E-state index is 12.2. The molecule has 1 aliphatic rings. The molecule has 6 nitrogen and oxygen atoms in total. The largest absolute Gasteiger partial charge is 0.444 e. The molecule has 0 saturated carbocycles. The number of hydrogen-bond acceptors (Lipinski definition) is 4. The number of rotatable bonds is 3. The average molecular weight is 285 g/mol.